The van der Waals surface area contributed by atoms with E-state index in [-0.39, 0.29) is 94.6 Å². The molecule has 1 N–H and O–H groups in total. The summed E-state index contributed by atoms with van der Waals surface area (Å²) in [5.74, 6) is -4.29. The summed E-state index contributed by atoms with van der Waals surface area (Å²) in [4.78, 5) is 99.7. The van der Waals surface area contributed by atoms with Crippen LogP contribution in [-0.2, 0) is 37.0 Å². The predicted octanol–water partition coefficient (Wildman–Crippen LogP) is 1.88. The molecule has 59 heavy (non-hydrogen) atoms. The van der Waals surface area contributed by atoms with Crippen molar-refractivity contribution in [2.45, 2.75) is 50.9 Å². The maximum absolute atomic E-state index is 12.6. The molecular formula is C44H39KN4O10. The van der Waals surface area contributed by atoms with Crippen LogP contribution in [0.3, 0.4) is 0 Å². The molecule has 0 saturated carbocycles. The molecule has 5 heterocycles. The second-order valence-electron chi connectivity index (χ2n) is 14.6. The molecule has 5 aliphatic heterocycles. The van der Waals surface area contributed by atoms with Crippen LogP contribution in [0.4, 0.5) is 0 Å². The number of amides is 6. The van der Waals surface area contributed by atoms with E-state index in [0.29, 0.717) is 41.8 Å². The summed E-state index contributed by atoms with van der Waals surface area (Å²) < 4.78 is 5.06. The van der Waals surface area contributed by atoms with Crippen molar-refractivity contribution in [3.05, 3.63) is 148 Å². The quantitative estimate of drug-likeness (QED) is 0.119. The Kier molecular flexibility index (Phi) is 12.8. The van der Waals surface area contributed by atoms with Crippen LogP contribution in [0.5, 0.6) is 0 Å². The van der Waals surface area contributed by atoms with Gasteiger partial charge in [-0.3, -0.25) is 24.1 Å². The van der Waals surface area contributed by atoms with Crippen LogP contribution in [0, 0.1) is 11.8 Å². The fourth-order valence-corrected chi connectivity index (χ4v) is 8.29. The first-order valence-electron chi connectivity index (χ1n) is 18.8. The predicted molar refractivity (Wildman–Crippen MR) is 206 cm³/mol. The number of nitrogens with zero attached hydrogens (tertiary/aromatic N) is 4. The number of carbonyl (C=O) groups excluding carboxylic acids is 7. The summed E-state index contributed by atoms with van der Waals surface area (Å²) in [6.45, 7) is 4.40. The Labute approximate surface area is 382 Å². The average molecular weight is 823 g/mol. The minimum Gasteiger partial charge on any atom is -0.587 e. The summed E-state index contributed by atoms with van der Waals surface area (Å²) in [6.07, 6.45) is 0.596. The number of esters is 1. The normalized spacial score (nSPS) is 23.4. The molecule has 5 aliphatic rings. The van der Waals surface area contributed by atoms with Crippen molar-refractivity contribution in [2.75, 3.05) is 13.2 Å². The Morgan fingerprint density at radius 3 is 1.56 bits per heavy atom. The standard InChI is InChI=1S/C22H20N2O5.C14H15NO3.C8H5NO2.K/c1-14-18(25)24(13-15-7-3-2-4-8-15)22(14,21(28)29)11-12-23-19(26)16-9-5-6-10-17(16)20(23)27;1-10-12(16)15(9-11-5-3-2-4-6-11)14(10)7-8-18-13(14)17;10-7-5-3-1-2-4-6(5)8(11)9-7;/h2-10,14H,11-13H2,1H3,(H,28,29);2-6,10H,7-9H2,1H3;1-4H,(H,9,10,11);/q;;;+1/p-1/t14-,22+;10-,14+;;/m00../s1. The molecule has 4 atom stereocenters. The first kappa shape index (κ1) is 43.3. The van der Waals surface area contributed by atoms with Crippen LogP contribution in [0.15, 0.2) is 109 Å². The smallest absolute Gasteiger partial charge is 0.587 e. The summed E-state index contributed by atoms with van der Waals surface area (Å²) in [5, 5.41) is 13.3. The Morgan fingerprint density at radius 1 is 0.661 bits per heavy atom. The van der Waals surface area contributed by atoms with Crippen LogP contribution in [0.2, 0.25) is 0 Å². The van der Waals surface area contributed by atoms with Crippen molar-refractivity contribution in [3.8, 4) is 0 Å². The van der Waals surface area contributed by atoms with Gasteiger partial charge >= 0.3 is 63.3 Å². The molecule has 15 heteroatoms. The van der Waals surface area contributed by atoms with E-state index in [1.54, 1.807) is 60.4 Å². The molecule has 14 nitrogen and oxygen atoms in total. The molecule has 0 aromatic heterocycles. The van der Waals surface area contributed by atoms with Crippen LogP contribution in [0.25, 0.3) is 5.32 Å². The van der Waals surface area contributed by atoms with E-state index < -0.39 is 46.6 Å². The van der Waals surface area contributed by atoms with Gasteiger partial charge in [-0.25, -0.2) is 9.59 Å². The van der Waals surface area contributed by atoms with Gasteiger partial charge in [-0.2, -0.15) is 0 Å². The zero-order valence-electron chi connectivity index (χ0n) is 32.7. The average Bonchev–Trinajstić information content (AvgIpc) is 3.87. The zero-order valence-corrected chi connectivity index (χ0v) is 35.8. The van der Waals surface area contributed by atoms with E-state index in [1.165, 1.54) is 4.90 Å². The number of carboxylic acid groups (broad SMARTS) is 1. The fourth-order valence-electron chi connectivity index (χ4n) is 8.29. The van der Waals surface area contributed by atoms with Crippen LogP contribution in [0.1, 0.15) is 79.2 Å². The van der Waals surface area contributed by atoms with E-state index in [4.69, 9.17) is 4.74 Å². The molecule has 6 amide bonds. The number of cyclic esters (lactones) is 1. The largest absolute Gasteiger partial charge is 1.00 e. The number of hydrogen-bond donors (Lipinski definition) is 1. The number of β-lactam (4-membered cyclic amide) rings is 2. The molecule has 296 valence electrons. The van der Waals surface area contributed by atoms with Crippen LogP contribution < -0.4 is 51.4 Å². The third kappa shape index (κ3) is 7.57. The Morgan fingerprint density at radius 2 is 1.10 bits per heavy atom. The monoisotopic (exact) mass is 822 g/mol. The van der Waals surface area contributed by atoms with Gasteiger partial charge in [0.15, 0.2) is 11.1 Å². The van der Waals surface area contributed by atoms with Crippen molar-refractivity contribution in [1.29, 1.82) is 0 Å². The van der Waals surface area contributed by atoms with Gasteiger partial charge in [0.1, 0.15) is 0 Å². The molecule has 4 aromatic carbocycles. The van der Waals surface area contributed by atoms with Crippen molar-refractivity contribution in [1.82, 2.24) is 14.7 Å². The summed E-state index contributed by atoms with van der Waals surface area (Å²) >= 11 is 0. The number of fused-ring (bicyclic) bond motifs is 2. The van der Waals surface area contributed by atoms with Crippen molar-refractivity contribution < 1.29 is 99.6 Å². The molecule has 3 fully saturated rings. The molecule has 0 unspecified atom stereocenters. The maximum atomic E-state index is 12.6. The van der Waals surface area contributed by atoms with Gasteiger partial charge in [0.05, 0.1) is 41.4 Å². The number of carbonyl (C=O) groups is 8. The molecule has 3 saturated heterocycles. The summed E-state index contributed by atoms with van der Waals surface area (Å²) in [7, 11) is 0. The van der Waals surface area contributed by atoms with Gasteiger partial charge in [0, 0.05) is 43.6 Å². The van der Waals surface area contributed by atoms with E-state index in [0.717, 1.165) is 16.0 Å². The molecule has 4 aromatic rings. The molecular weight excluding hydrogens is 784 g/mol. The third-order valence-electron chi connectivity index (χ3n) is 11.7. The number of benzene rings is 4. The number of aliphatic carboxylic acids is 1. The number of ether oxygens (including phenoxy) is 1. The van der Waals surface area contributed by atoms with Gasteiger partial charge in [0.25, 0.3) is 11.8 Å². The maximum Gasteiger partial charge on any atom is 1.00 e. The van der Waals surface area contributed by atoms with Crippen LogP contribution in [-0.4, -0.2) is 91.4 Å². The first-order valence-corrected chi connectivity index (χ1v) is 18.8. The number of rotatable bonds is 8. The zero-order chi connectivity index (χ0) is 41.4. The molecule has 9 rings (SSSR count). The summed E-state index contributed by atoms with van der Waals surface area (Å²) in [6, 6.07) is 32.0. The van der Waals surface area contributed by atoms with Crippen molar-refractivity contribution in [2.24, 2.45) is 11.8 Å². The van der Waals surface area contributed by atoms with Gasteiger partial charge in [-0.1, -0.05) is 111 Å². The second-order valence-corrected chi connectivity index (χ2v) is 14.6. The van der Waals surface area contributed by atoms with E-state index in [9.17, 15) is 43.5 Å². The minimum atomic E-state index is -1.46. The Hall–Kier alpha value is -5.32. The van der Waals surface area contributed by atoms with E-state index in [1.807, 2.05) is 67.6 Å². The van der Waals surface area contributed by atoms with E-state index >= 15 is 0 Å². The molecule has 0 bridgehead atoms. The third-order valence-corrected chi connectivity index (χ3v) is 11.7. The molecule has 0 aliphatic carbocycles. The van der Waals surface area contributed by atoms with Crippen molar-refractivity contribution in [3.63, 3.8) is 0 Å². The molecule has 0 radical (unpaired) electrons. The SMILES string of the molecule is C[C@H]1C(=O)N(Cc2ccccc2)[C@@]1(CCN1C(=O)c2ccccc2C1=O)C(=O)O.C[C@H]1C(=O)N(Cc2ccccc2)[C@]12CCOC2=O.O=C1[N-]C(=O)c2ccccc21.[K+]. The Balaban J connectivity index is 0.000000165. The number of likely N-dealkylation sites (tertiary alicyclic amines) is 2. The van der Waals surface area contributed by atoms with Crippen molar-refractivity contribution >= 4 is 47.4 Å². The Bertz CT molecular complexity index is 2290. The topological polar surface area (TPSA) is 190 Å². The van der Waals surface area contributed by atoms with Gasteiger partial charge < -0.3 is 34.5 Å². The van der Waals surface area contributed by atoms with Gasteiger partial charge in [0.2, 0.25) is 11.8 Å². The van der Waals surface area contributed by atoms with Gasteiger partial charge in [-0.05, 0) is 23.3 Å². The second kappa shape index (κ2) is 17.5. The van der Waals surface area contributed by atoms with Crippen LogP contribution >= 0.6 is 0 Å². The number of imide groups is 2. The minimum absolute atomic E-state index is 0. The number of hydrogen-bond acceptors (Lipinski definition) is 9. The van der Waals surface area contributed by atoms with E-state index in [2.05, 4.69) is 5.32 Å². The first-order chi connectivity index (χ1) is 27.8. The van der Waals surface area contributed by atoms with Gasteiger partial charge in [-0.15, -0.1) is 0 Å². The molecule has 1 spiro atoms. The summed E-state index contributed by atoms with van der Waals surface area (Å²) in [5.41, 5.74) is 1.17. The fraction of sp³-hybridized carbons (Fsp3) is 0.273. The number of carboxylic acids is 1.